The zero-order chi connectivity index (χ0) is 12.0. The van der Waals surface area contributed by atoms with Crippen LogP contribution in [0.1, 0.15) is 45.2 Å². The van der Waals surface area contributed by atoms with Crippen LogP contribution in [-0.4, -0.2) is 14.8 Å². The second kappa shape index (κ2) is 6.25. The molecular formula is C11H19N3O2. The van der Waals surface area contributed by atoms with Gasteiger partial charge in [0.1, 0.15) is 5.69 Å². The molecule has 0 unspecified atom stereocenters. The monoisotopic (exact) mass is 225 g/mol. The molecular weight excluding hydrogens is 206 g/mol. The van der Waals surface area contributed by atoms with Crippen LogP contribution >= 0.6 is 0 Å². The number of aromatic amines is 1. The lowest BCUT2D eigenvalue weighted by molar-refractivity contribution is 0.509. The van der Waals surface area contributed by atoms with Crippen LogP contribution in [0.15, 0.2) is 9.59 Å². The summed E-state index contributed by atoms with van der Waals surface area (Å²) in [7, 11) is 0. The van der Waals surface area contributed by atoms with Crippen molar-refractivity contribution in [3.05, 3.63) is 26.5 Å². The van der Waals surface area contributed by atoms with Crippen LogP contribution in [0.5, 0.6) is 0 Å². The molecule has 0 aliphatic heterocycles. The maximum Gasteiger partial charge on any atom is 0.344 e. The van der Waals surface area contributed by atoms with Gasteiger partial charge in [-0.25, -0.2) is 9.48 Å². The molecule has 5 nitrogen and oxygen atoms in total. The van der Waals surface area contributed by atoms with E-state index in [2.05, 4.69) is 23.9 Å². The molecule has 1 N–H and O–H groups in total. The van der Waals surface area contributed by atoms with E-state index in [0.717, 1.165) is 25.7 Å². The fourth-order valence-electron chi connectivity index (χ4n) is 1.44. The van der Waals surface area contributed by atoms with Gasteiger partial charge in [-0.15, -0.1) is 0 Å². The summed E-state index contributed by atoms with van der Waals surface area (Å²) in [6.45, 7) is 4.68. The lowest BCUT2D eigenvalue weighted by atomic mass is 10.2. The predicted molar refractivity (Wildman–Crippen MR) is 62.6 cm³/mol. The zero-order valence-corrected chi connectivity index (χ0v) is 9.95. The number of rotatable bonds is 6. The molecule has 0 fully saturated rings. The smallest absolute Gasteiger partial charge is 0.271 e. The lowest BCUT2D eigenvalue weighted by Crippen LogP contribution is -2.35. The second-order valence-corrected chi connectivity index (χ2v) is 3.89. The van der Waals surface area contributed by atoms with Crippen LogP contribution in [0, 0.1) is 0 Å². The van der Waals surface area contributed by atoms with Gasteiger partial charge in [0.2, 0.25) is 0 Å². The van der Waals surface area contributed by atoms with Crippen molar-refractivity contribution in [2.24, 2.45) is 0 Å². The standard InChI is InChI=1S/C11H19N3O2/c1-3-5-7-9-10(15)12-11(16)14(13-9)8-6-4-2/h3-8H2,1-2H3,(H,12,15,16). The average Bonchev–Trinajstić information content (AvgIpc) is 2.26. The van der Waals surface area contributed by atoms with Crippen LogP contribution in [0.2, 0.25) is 0 Å². The van der Waals surface area contributed by atoms with E-state index in [1.54, 1.807) is 0 Å². The van der Waals surface area contributed by atoms with Crippen LogP contribution in [0.3, 0.4) is 0 Å². The van der Waals surface area contributed by atoms with Gasteiger partial charge in [0, 0.05) is 6.54 Å². The third kappa shape index (κ3) is 3.32. The molecule has 1 aromatic rings. The predicted octanol–water partition coefficient (Wildman–Crippen LogP) is 1.07. The first-order chi connectivity index (χ1) is 7.69. The zero-order valence-electron chi connectivity index (χ0n) is 9.95. The van der Waals surface area contributed by atoms with Crippen molar-refractivity contribution in [1.82, 2.24) is 14.8 Å². The fourth-order valence-corrected chi connectivity index (χ4v) is 1.44. The van der Waals surface area contributed by atoms with Gasteiger partial charge in [0.05, 0.1) is 0 Å². The molecule has 0 spiro atoms. The number of H-pyrrole nitrogens is 1. The summed E-state index contributed by atoms with van der Waals surface area (Å²) >= 11 is 0. The summed E-state index contributed by atoms with van der Waals surface area (Å²) in [5, 5.41) is 4.11. The molecule has 0 amide bonds. The lowest BCUT2D eigenvalue weighted by Gasteiger charge is -2.04. The molecule has 1 rings (SSSR count). The Labute approximate surface area is 94.5 Å². The molecule has 5 heteroatoms. The second-order valence-electron chi connectivity index (χ2n) is 3.89. The van der Waals surface area contributed by atoms with Gasteiger partial charge in [0.25, 0.3) is 5.56 Å². The molecule has 0 radical (unpaired) electrons. The van der Waals surface area contributed by atoms with E-state index in [1.165, 1.54) is 4.68 Å². The molecule has 0 atom stereocenters. The van der Waals surface area contributed by atoms with Crippen molar-refractivity contribution >= 4 is 0 Å². The SMILES string of the molecule is CCCCc1nn(CCCC)c(=O)[nH]c1=O. The fraction of sp³-hybridized carbons (Fsp3) is 0.727. The maximum absolute atomic E-state index is 11.4. The topological polar surface area (TPSA) is 67.8 Å². The Balaban J connectivity index is 2.92. The largest absolute Gasteiger partial charge is 0.344 e. The van der Waals surface area contributed by atoms with E-state index in [-0.39, 0.29) is 5.56 Å². The number of hydrogen-bond donors (Lipinski definition) is 1. The maximum atomic E-state index is 11.4. The number of aromatic nitrogens is 3. The molecule has 0 bridgehead atoms. The summed E-state index contributed by atoms with van der Waals surface area (Å²) < 4.78 is 1.36. The molecule has 1 aromatic heterocycles. The third-order valence-electron chi connectivity index (χ3n) is 2.45. The first-order valence-electron chi connectivity index (χ1n) is 5.89. The highest BCUT2D eigenvalue weighted by Crippen LogP contribution is 1.95. The van der Waals surface area contributed by atoms with Crippen LogP contribution in [0.4, 0.5) is 0 Å². The molecule has 1 heterocycles. The Bertz CT molecular complexity index is 396. The van der Waals surface area contributed by atoms with E-state index in [4.69, 9.17) is 0 Å². The average molecular weight is 225 g/mol. The Morgan fingerprint density at radius 1 is 1.19 bits per heavy atom. The highest BCUT2D eigenvalue weighted by Gasteiger charge is 2.05. The minimum atomic E-state index is -0.404. The first kappa shape index (κ1) is 12.7. The van der Waals surface area contributed by atoms with Gasteiger partial charge in [-0.1, -0.05) is 26.7 Å². The van der Waals surface area contributed by atoms with Crippen molar-refractivity contribution in [1.29, 1.82) is 0 Å². The van der Waals surface area contributed by atoms with Gasteiger partial charge in [-0.3, -0.25) is 9.78 Å². The minimum absolute atomic E-state index is 0.341. The highest BCUT2D eigenvalue weighted by atomic mass is 16.2. The number of hydrogen-bond acceptors (Lipinski definition) is 3. The number of aryl methyl sites for hydroxylation is 2. The van der Waals surface area contributed by atoms with Crippen LogP contribution in [0.25, 0.3) is 0 Å². The molecule has 0 aliphatic rings. The summed E-state index contributed by atoms with van der Waals surface area (Å²) in [5.41, 5.74) is -0.276. The molecule has 0 saturated heterocycles. The molecule has 90 valence electrons. The van der Waals surface area contributed by atoms with E-state index >= 15 is 0 Å². The number of nitrogens with one attached hydrogen (secondary N) is 1. The van der Waals surface area contributed by atoms with Gasteiger partial charge in [-0.05, 0) is 19.3 Å². The molecule has 0 aromatic carbocycles. The van der Waals surface area contributed by atoms with Gasteiger partial charge < -0.3 is 0 Å². The normalized spacial score (nSPS) is 10.6. The van der Waals surface area contributed by atoms with Crippen molar-refractivity contribution in [2.75, 3.05) is 0 Å². The Kier molecular flexibility index (Phi) is 4.95. The molecule has 0 aliphatic carbocycles. The highest BCUT2D eigenvalue weighted by molar-refractivity contribution is 4.92. The molecule has 16 heavy (non-hydrogen) atoms. The van der Waals surface area contributed by atoms with E-state index in [9.17, 15) is 9.59 Å². The Morgan fingerprint density at radius 2 is 1.88 bits per heavy atom. The van der Waals surface area contributed by atoms with Crippen molar-refractivity contribution in [3.8, 4) is 0 Å². The quantitative estimate of drug-likeness (QED) is 0.787. The van der Waals surface area contributed by atoms with Gasteiger partial charge in [-0.2, -0.15) is 5.10 Å². The van der Waals surface area contributed by atoms with Crippen LogP contribution in [-0.2, 0) is 13.0 Å². The third-order valence-corrected chi connectivity index (χ3v) is 2.45. The molecule has 0 saturated carbocycles. The van der Waals surface area contributed by atoms with E-state index in [1.807, 2.05) is 0 Å². The van der Waals surface area contributed by atoms with E-state index in [0.29, 0.717) is 18.7 Å². The summed E-state index contributed by atoms with van der Waals surface area (Å²) in [4.78, 5) is 25.2. The number of unbranched alkanes of at least 4 members (excludes halogenated alkanes) is 2. The Morgan fingerprint density at radius 3 is 2.50 bits per heavy atom. The van der Waals surface area contributed by atoms with Crippen LogP contribution < -0.4 is 11.2 Å². The first-order valence-corrected chi connectivity index (χ1v) is 5.89. The number of nitrogens with zero attached hydrogens (tertiary/aromatic N) is 2. The Hall–Kier alpha value is -1.39. The summed E-state index contributed by atoms with van der Waals surface area (Å²) in [6, 6.07) is 0. The van der Waals surface area contributed by atoms with Crippen molar-refractivity contribution in [2.45, 2.75) is 52.5 Å². The summed E-state index contributed by atoms with van der Waals surface area (Å²) in [6.07, 6.45) is 4.46. The van der Waals surface area contributed by atoms with Crippen molar-refractivity contribution in [3.63, 3.8) is 0 Å². The van der Waals surface area contributed by atoms with Crippen molar-refractivity contribution < 1.29 is 0 Å². The minimum Gasteiger partial charge on any atom is -0.271 e. The summed E-state index contributed by atoms with van der Waals surface area (Å²) in [5.74, 6) is 0. The van der Waals surface area contributed by atoms with Gasteiger partial charge in [0.15, 0.2) is 0 Å². The van der Waals surface area contributed by atoms with Gasteiger partial charge >= 0.3 is 5.69 Å². The van der Waals surface area contributed by atoms with E-state index < -0.39 is 5.69 Å².